The summed E-state index contributed by atoms with van der Waals surface area (Å²) in [6.07, 6.45) is -1.10. The topological polar surface area (TPSA) is 71.6 Å². The molecule has 2 unspecified atom stereocenters. The van der Waals surface area contributed by atoms with Gasteiger partial charge in [-0.3, -0.25) is 0 Å². The van der Waals surface area contributed by atoms with Crippen LogP contribution in [0.4, 0.5) is 0 Å². The molecule has 1 fully saturated rings. The molecule has 1 aromatic carbocycles. The van der Waals surface area contributed by atoms with Gasteiger partial charge >= 0.3 is 0 Å². The SMILES string of the molecule is CN1CCOC(c2noc(C(O)c3ccccc3)n2)C1. The van der Waals surface area contributed by atoms with Crippen LogP contribution in [0.1, 0.15) is 29.5 Å². The molecular weight excluding hydrogens is 258 g/mol. The molecule has 0 bridgehead atoms. The summed E-state index contributed by atoms with van der Waals surface area (Å²) in [5, 5.41) is 14.1. The molecule has 6 heteroatoms. The van der Waals surface area contributed by atoms with Gasteiger partial charge in [-0.05, 0) is 12.6 Å². The number of hydrogen-bond donors (Lipinski definition) is 1. The Morgan fingerprint density at radius 2 is 2.15 bits per heavy atom. The minimum atomic E-state index is -0.904. The summed E-state index contributed by atoms with van der Waals surface area (Å²) in [7, 11) is 2.02. The first-order valence-corrected chi connectivity index (χ1v) is 6.60. The van der Waals surface area contributed by atoms with Gasteiger partial charge in [-0.25, -0.2) is 0 Å². The van der Waals surface area contributed by atoms with Crippen molar-refractivity contribution in [3.63, 3.8) is 0 Å². The van der Waals surface area contributed by atoms with Crippen molar-refractivity contribution in [3.8, 4) is 0 Å². The summed E-state index contributed by atoms with van der Waals surface area (Å²) in [4.78, 5) is 6.42. The van der Waals surface area contributed by atoms with Crippen LogP contribution in [0, 0.1) is 0 Å². The first kappa shape index (κ1) is 13.2. The van der Waals surface area contributed by atoms with E-state index in [4.69, 9.17) is 9.26 Å². The van der Waals surface area contributed by atoms with Gasteiger partial charge in [0, 0.05) is 13.1 Å². The number of aliphatic hydroxyl groups excluding tert-OH is 1. The predicted molar refractivity (Wildman–Crippen MR) is 71.0 cm³/mol. The van der Waals surface area contributed by atoms with Crippen molar-refractivity contribution in [1.82, 2.24) is 15.0 Å². The van der Waals surface area contributed by atoms with Crippen molar-refractivity contribution in [3.05, 3.63) is 47.6 Å². The van der Waals surface area contributed by atoms with Crippen LogP contribution in [-0.2, 0) is 4.74 Å². The minimum absolute atomic E-state index is 0.197. The van der Waals surface area contributed by atoms with Crippen molar-refractivity contribution in [2.24, 2.45) is 0 Å². The molecule has 106 valence electrons. The molecule has 0 radical (unpaired) electrons. The second-order valence-corrected chi connectivity index (χ2v) is 4.93. The Bertz CT molecular complexity index is 558. The molecule has 1 aliphatic heterocycles. The number of hydrogen-bond acceptors (Lipinski definition) is 6. The first-order valence-electron chi connectivity index (χ1n) is 6.60. The maximum atomic E-state index is 10.2. The lowest BCUT2D eigenvalue weighted by Crippen LogP contribution is -2.35. The number of aliphatic hydroxyl groups is 1. The highest BCUT2D eigenvalue weighted by Crippen LogP contribution is 2.23. The lowest BCUT2D eigenvalue weighted by Gasteiger charge is -2.27. The van der Waals surface area contributed by atoms with Crippen molar-refractivity contribution < 1.29 is 14.4 Å². The van der Waals surface area contributed by atoms with E-state index in [0.717, 1.165) is 18.7 Å². The van der Waals surface area contributed by atoms with Gasteiger partial charge in [-0.1, -0.05) is 35.5 Å². The van der Waals surface area contributed by atoms with Crippen molar-refractivity contribution in [1.29, 1.82) is 0 Å². The number of likely N-dealkylation sites (N-methyl/N-ethyl adjacent to an activating group) is 1. The lowest BCUT2D eigenvalue weighted by molar-refractivity contribution is -0.0264. The van der Waals surface area contributed by atoms with Crippen LogP contribution >= 0.6 is 0 Å². The van der Waals surface area contributed by atoms with Gasteiger partial charge in [0.1, 0.15) is 6.10 Å². The Kier molecular flexibility index (Phi) is 3.77. The number of benzene rings is 1. The minimum Gasteiger partial charge on any atom is -0.378 e. The number of aromatic nitrogens is 2. The van der Waals surface area contributed by atoms with Crippen molar-refractivity contribution in [2.75, 3.05) is 26.7 Å². The normalized spacial score (nSPS) is 21.8. The maximum Gasteiger partial charge on any atom is 0.260 e. The van der Waals surface area contributed by atoms with Gasteiger partial charge in [0.15, 0.2) is 6.10 Å². The standard InChI is InChI=1S/C14H17N3O3/c1-17-7-8-19-11(9-17)13-15-14(20-16-13)12(18)10-5-3-2-4-6-10/h2-6,11-12,18H,7-9H2,1H3. The zero-order chi connectivity index (χ0) is 13.9. The molecule has 2 aromatic rings. The first-order chi connectivity index (χ1) is 9.74. The molecule has 0 aliphatic carbocycles. The fraction of sp³-hybridized carbons (Fsp3) is 0.429. The second kappa shape index (κ2) is 5.70. The van der Waals surface area contributed by atoms with E-state index in [1.807, 2.05) is 37.4 Å². The predicted octanol–water partition coefficient (Wildman–Crippen LogP) is 1.15. The fourth-order valence-electron chi connectivity index (χ4n) is 2.20. The van der Waals surface area contributed by atoms with Gasteiger partial charge in [-0.2, -0.15) is 4.98 Å². The summed E-state index contributed by atoms with van der Waals surface area (Å²) >= 11 is 0. The smallest absolute Gasteiger partial charge is 0.260 e. The zero-order valence-electron chi connectivity index (χ0n) is 11.3. The molecular formula is C14H17N3O3. The molecule has 6 nitrogen and oxygen atoms in total. The molecule has 2 atom stereocenters. The number of ether oxygens (including phenoxy) is 1. The summed E-state index contributed by atoms with van der Waals surface area (Å²) in [5.74, 6) is 0.685. The van der Waals surface area contributed by atoms with Crippen LogP contribution in [0.2, 0.25) is 0 Å². The van der Waals surface area contributed by atoms with E-state index in [2.05, 4.69) is 15.0 Å². The second-order valence-electron chi connectivity index (χ2n) is 4.93. The number of rotatable bonds is 3. The molecule has 1 saturated heterocycles. The van der Waals surface area contributed by atoms with Crippen LogP contribution in [-0.4, -0.2) is 46.9 Å². The fourth-order valence-corrected chi connectivity index (χ4v) is 2.20. The van der Waals surface area contributed by atoms with E-state index in [1.165, 1.54) is 0 Å². The highest BCUT2D eigenvalue weighted by molar-refractivity contribution is 5.21. The van der Waals surface area contributed by atoms with Crippen molar-refractivity contribution in [2.45, 2.75) is 12.2 Å². The van der Waals surface area contributed by atoms with Crippen molar-refractivity contribution >= 4 is 0 Å². The monoisotopic (exact) mass is 275 g/mol. The van der Waals surface area contributed by atoms with E-state index in [9.17, 15) is 5.11 Å². The summed E-state index contributed by atoms with van der Waals surface area (Å²) < 4.78 is 10.8. The summed E-state index contributed by atoms with van der Waals surface area (Å²) in [6.45, 7) is 2.26. The van der Waals surface area contributed by atoms with Gasteiger partial charge in [-0.15, -0.1) is 0 Å². The van der Waals surface area contributed by atoms with Gasteiger partial charge in [0.25, 0.3) is 5.89 Å². The maximum absolute atomic E-state index is 10.2. The summed E-state index contributed by atoms with van der Waals surface area (Å²) in [6, 6.07) is 9.24. The Hall–Kier alpha value is -1.76. The average Bonchev–Trinajstić information content (AvgIpc) is 2.97. The summed E-state index contributed by atoms with van der Waals surface area (Å²) in [5.41, 5.74) is 0.726. The Labute approximate surface area is 117 Å². The molecule has 1 aliphatic rings. The third-order valence-corrected chi connectivity index (χ3v) is 3.36. The molecule has 2 heterocycles. The van der Waals surface area contributed by atoms with E-state index in [-0.39, 0.29) is 12.0 Å². The van der Waals surface area contributed by atoms with Crippen LogP contribution in [0.15, 0.2) is 34.9 Å². The highest BCUT2D eigenvalue weighted by Gasteiger charge is 2.26. The Balaban J connectivity index is 1.76. The van der Waals surface area contributed by atoms with Gasteiger partial charge < -0.3 is 19.3 Å². The van der Waals surface area contributed by atoms with Crippen LogP contribution in [0.25, 0.3) is 0 Å². The number of morpholine rings is 1. The molecule has 1 N–H and O–H groups in total. The molecule has 1 aromatic heterocycles. The largest absolute Gasteiger partial charge is 0.378 e. The van der Waals surface area contributed by atoms with E-state index in [0.29, 0.717) is 12.4 Å². The van der Waals surface area contributed by atoms with Crippen LogP contribution < -0.4 is 0 Å². The molecule has 0 saturated carbocycles. The van der Waals surface area contributed by atoms with E-state index >= 15 is 0 Å². The van der Waals surface area contributed by atoms with Gasteiger partial charge in [0.2, 0.25) is 5.82 Å². The lowest BCUT2D eigenvalue weighted by atomic mass is 10.1. The van der Waals surface area contributed by atoms with Gasteiger partial charge in [0.05, 0.1) is 6.61 Å². The molecule has 20 heavy (non-hydrogen) atoms. The third-order valence-electron chi connectivity index (χ3n) is 3.36. The highest BCUT2D eigenvalue weighted by atomic mass is 16.5. The average molecular weight is 275 g/mol. The zero-order valence-corrected chi connectivity index (χ0v) is 11.3. The van der Waals surface area contributed by atoms with Crippen LogP contribution in [0.5, 0.6) is 0 Å². The molecule has 3 rings (SSSR count). The van der Waals surface area contributed by atoms with Crippen LogP contribution in [0.3, 0.4) is 0 Å². The van der Waals surface area contributed by atoms with E-state index in [1.54, 1.807) is 0 Å². The third kappa shape index (κ3) is 2.72. The Morgan fingerprint density at radius 1 is 1.35 bits per heavy atom. The quantitative estimate of drug-likeness (QED) is 0.906. The number of nitrogens with zero attached hydrogens (tertiary/aromatic N) is 3. The van der Waals surface area contributed by atoms with E-state index < -0.39 is 6.10 Å². The Morgan fingerprint density at radius 3 is 2.90 bits per heavy atom. The molecule has 0 spiro atoms. The molecule has 0 amide bonds.